The first kappa shape index (κ1) is 20.1. The summed E-state index contributed by atoms with van der Waals surface area (Å²) in [6, 6.07) is 9.70. The number of hydrogen-bond donors (Lipinski definition) is 1. The van der Waals surface area contributed by atoms with Crippen LogP contribution in [0.25, 0.3) is 11.4 Å². The van der Waals surface area contributed by atoms with Crippen molar-refractivity contribution in [3.8, 4) is 22.9 Å². The predicted octanol–water partition coefficient (Wildman–Crippen LogP) is 3.19. The van der Waals surface area contributed by atoms with Crippen molar-refractivity contribution >= 4 is 0 Å². The molecule has 1 aromatic carbocycles. The van der Waals surface area contributed by atoms with Crippen LogP contribution in [0.5, 0.6) is 11.5 Å². The van der Waals surface area contributed by atoms with Crippen LogP contribution in [0.4, 0.5) is 0 Å². The van der Waals surface area contributed by atoms with E-state index in [1.165, 1.54) is 0 Å². The molecule has 156 valence electrons. The van der Waals surface area contributed by atoms with Gasteiger partial charge in [-0.05, 0) is 32.0 Å². The standard InChI is InChI=1S/C23H26N4O3/c1-3-29-20-9-5-7-17(21(20)30-4-2)14-27-12-10-19-18(15-27)23(28)26-22(25-19)16-8-6-11-24-13-16/h5-9,11,13H,3-4,10,12,14-15H2,1-2H3,(H,25,26,28). The Morgan fingerprint density at radius 2 is 2.00 bits per heavy atom. The van der Waals surface area contributed by atoms with Gasteiger partial charge in [-0.15, -0.1) is 0 Å². The lowest BCUT2D eigenvalue weighted by atomic mass is 10.0. The van der Waals surface area contributed by atoms with Crippen molar-refractivity contribution in [2.75, 3.05) is 19.8 Å². The summed E-state index contributed by atoms with van der Waals surface area (Å²) in [6.45, 7) is 7.13. The van der Waals surface area contributed by atoms with E-state index >= 15 is 0 Å². The van der Waals surface area contributed by atoms with Gasteiger partial charge in [0.25, 0.3) is 5.56 Å². The monoisotopic (exact) mass is 406 g/mol. The average molecular weight is 406 g/mol. The largest absolute Gasteiger partial charge is 0.490 e. The molecule has 7 heteroatoms. The Morgan fingerprint density at radius 3 is 2.77 bits per heavy atom. The molecule has 2 aromatic heterocycles. The molecule has 0 saturated carbocycles. The molecule has 1 aliphatic heterocycles. The van der Waals surface area contributed by atoms with Crippen molar-refractivity contribution in [2.24, 2.45) is 0 Å². The number of hydrogen-bond acceptors (Lipinski definition) is 6. The maximum atomic E-state index is 12.8. The molecule has 0 atom stereocenters. The zero-order valence-electron chi connectivity index (χ0n) is 17.4. The molecule has 0 unspecified atom stereocenters. The quantitative estimate of drug-likeness (QED) is 0.649. The fraction of sp³-hybridized carbons (Fsp3) is 0.348. The molecule has 3 aromatic rings. The fourth-order valence-electron chi connectivity index (χ4n) is 3.76. The van der Waals surface area contributed by atoms with E-state index in [9.17, 15) is 4.79 Å². The van der Waals surface area contributed by atoms with E-state index in [-0.39, 0.29) is 5.56 Å². The number of fused-ring (bicyclic) bond motifs is 1. The van der Waals surface area contributed by atoms with Gasteiger partial charge in [0, 0.05) is 49.6 Å². The highest BCUT2D eigenvalue weighted by Crippen LogP contribution is 2.33. The SMILES string of the molecule is CCOc1cccc(CN2CCc3nc(-c4cccnc4)[nH]c(=O)c3C2)c1OCC. The van der Waals surface area contributed by atoms with E-state index in [1.54, 1.807) is 12.4 Å². The number of H-pyrrole nitrogens is 1. The summed E-state index contributed by atoms with van der Waals surface area (Å²) < 4.78 is 11.6. The van der Waals surface area contributed by atoms with Crippen molar-refractivity contribution in [1.29, 1.82) is 0 Å². The van der Waals surface area contributed by atoms with Crippen molar-refractivity contribution in [2.45, 2.75) is 33.4 Å². The van der Waals surface area contributed by atoms with Gasteiger partial charge in [0.1, 0.15) is 5.82 Å². The van der Waals surface area contributed by atoms with Gasteiger partial charge >= 0.3 is 0 Å². The summed E-state index contributed by atoms with van der Waals surface area (Å²) in [5.41, 5.74) is 3.38. The molecule has 1 N–H and O–H groups in total. The third kappa shape index (κ3) is 4.21. The molecule has 0 spiro atoms. The maximum Gasteiger partial charge on any atom is 0.255 e. The molecule has 0 bridgehead atoms. The smallest absolute Gasteiger partial charge is 0.255 e. The number of aromatic nitrogens is 3. The van der Waals surface area contributed by atoms with E-state index in [1.807, 2.05) is 38.1 Å². The van der Waals surface area contributed by atoms with Gasteiger partial charge in [-0.25, -0.2) is 4.98 Å². The molecule has 0 fully saturated rings. The Kier molecular flexibility index (Phi) is 6.09. The van der Waals surface area contributed by atoms with Crippen molar-refractivity contribution < 1.29 is 9.47 Å². The number of pyridine rings is 1. The van der Waals surface area contributed by atoms with E-state index in [0.29, 0.717) is 32.1 Å². The lowest BCUT2D eigenvalue weighted by Crippen LogP contribution is -2.35. The van der Waals surface area contributed by atoms with Gasteiger partial charge in [-0.1, -0.05) is 12.1 Å². The Labute approximate surface area is 175 Å². The number of benzene rings is 1. The molecule has 1 aliphatic rings. The van der Waals surface area contributed by atoms with E-state index in [0.717, 1.165) is 46.8 Å². The molecule has 0 saturated heterocycles. The molecular formula is C23H26N4O3. The summed E-state index contributed by atoms with van der Waals surface area (Å²) in [7, 11) is 0. The van der Waals surface area contributed by atoms with E-state index in [4.69, 9.17) is 14.5 Å². The molecule has 7 nitrogen and oxygen atoms in total. The fourth-order valence-corrected chi connectivity index (χ4v) is 3.76. The Balaban J connectivity index is 1.57. The molecule has 0 amide bonds. The highest BCUT2D eigenvalue weighted by molar-refractivity contribution is 5.53. The first-order chi connectivity index (χ1) is 14.7. The zero-order valence-corrected chi connectivity index (χ0v) is 17.4. The van der Waals surface area contributed by atoms with E-state index < -0.39 is 0 Å². The van der Waals surface area contributed by atoms with Gasteiger partial charge in [0.05, 0.1) is 24.5 Å². The van der Waals surface area contributed by atoms with Crippen molar-refractivity contribution in [1.82, 2.24) is 19.9 Å². The number of para-hydroxylation sites is 1. The summed E-state index contributed by atoms with van der Waals surface area (Å²) in [6.07, 6.45) is 4.14. The first-order valence-corrected chi connectivity index (χ1v) is 10.3. The van der Waals surface area contributed by atoms with Crippen LogP contribution in [0.1, 0.15) is 30.7 Å². The second-order valence-corrected chi connectivity index (χ2v) is 7.15. The minimum Gasteiger partial charge on any atom is -0.490 e. The molecular weight excluding hydrogens is 380 g/mol. The van der Waals surface area contributed by atoms with Crippen LogP contribution >= 0.6 is 0 Å². The minimum absolute atomic E-state index is 0.0864. The molecule has 0 aliphatic carbocycles. The normalized spacial score (nSPS) is 13.7. The number of rotatable bonds is 7. The van der Waals surface area contributed by atoms with Gasteiger partial charge in [-0.2, -0.15) is 0 Å². The third-order valence-electron chi connectivity index (χ3n) is 5.13. The van der Waals surface area contributed by atoms with Crippen LogP contribution in [0.2, 0.25) is 0 Å². The lowest BCUT2D eigenvalue weighted by molar-refractivity contribution is 0.232. The zero-order chi connectivity index (χ0) is 20.9. The van der Waals surface area contributed by atoms with Crippen LogP contribution < -0.4 is 15.0 Å². The average Bonchev–Trinajstić information content (AvgIpc) is 2.77. The number of ether oxygens (including phenoxy) is 2. The second kappa shape index (κ2) is 9.09. The molecule has 3 heterocycles. The van der Waals surface area contributed by atoms with Gasteiger partial charge < -0.3 is 14.5 Å². The van der Waals surface area contributed by atoms with Crippen LogP contribution in [0.3, 0.4) is 0 Å². The first-order valence-electron chi connectivity index (χ1n) is 10.3. The summed E-state index contributed by atoms with van der Waals surface area (Å²) in [4.78, 5) is 26.8. The summed E-state index contributed by atoms with van der Waals surface area (Å²) >= 11 is 0. The van der Waals surface area contributed by atoms with Gasteiger partial charge in [0.15, 0.2) is 11.5 Å². The predicted molar refractivity (Wildman–Crippen MR) is 115 cm³/mol. The molecule has 0 radical (unpaired) electrons. The number of aromatic amines is 1. The summed E-state index contributed by atoms with van der Waals surface area (Å²) in [5.74, 6) is 2.12. The maximum absolute atomic E-state index is 12.8. The van der Waals surface area contributed by atoms with E-state index in [2.05, 4.69) is 20.9 Å². The number of nitrogens with one attached hydrogen (secondary N) is 1. The molecule has 4 rings (SSSR count). The van der Waals surface area contributed by atoms with Crippen molar-refractivity contribution in [3.05, 3.63) is 69.9 Å². The van der Waals surface area contributed by atoms with Crippen LogP contribution in [-0.2, 0) is 19.5 Å². The van der Waals surface area contributed by atoms with Crippen LogP contribution in [-0.4, -0.2) is 39.6 Å². The highest BCUT2D eigenvalue weighted by Gasteiger charge is 2.23. The Bertz CT molecular complexity index is 1070. The molecule has 30 heavy (non-hydrogen) atoms. The second-order valence-electron chi connectivity index (χ2n) is 7.15. The number of nitrogens with zero attached hydrogens (tertiary/aromatic N) is 3. The topological polar surface area (TPSA) is 80.3 Å². The Hall–Kier alpha value is -3.19. The lowest BCUT2D eigenvalue weighted by Gasteiger charge is -2.28. The Morgan fingerprint density at radius 1 is 1.13 bits per heavy atom. The van der Waals surface area contributed by atoms with Gasteiger partial charge in [-0.3, -0.25) is 14.7 Å². The third-order valence-corrected chi connectivity index (χ3v) is 5.13. The van der Waals surface area contributed by atoms with Crippen LogP contribution in [0, 0.1) is 0 Å². The highest BCUT2D eigenvalue weighted by atomic mass is 16.5. The minimum atomic E-state index is -0.0864. The summed E-state index contributed by atoms with van der Waals surface area (Å²) in [5, 5.41) is 0. The van der Waals surface area contributed by atoms with Crippen LogP contribution in [0.15, 0.2) is 47.5 Å². The van der Waals surface area contributed by atoms with Gasteiger partial charge in [0.2, 0.25) is 0 Å². The van der Waals surface area contributed by atoms with Crippen molar-refractivity contribution in [3.63, 3.8) is 0 Å².